The molecule has 2 heterocycles. The van der Waals surface area contributed by atoms with Crippen LogP contribution in [0.4, 0.5) is 41.2 Å². The number of H-pyrrole nitrogens is 1. The summed E-state index contributed by atoms with van der Waals surface area (Å²) in [5.74, 6) is -16.9. The third kappa shape index (κ3) is 10.7. The average Bonchev–Trinajstić information content (AvgIpc) is 3.75. The maximum atomic E-state index is 14.2. The first-order valence-corrected chi connectivity index (χ1v) is 20.0. The summed E-state index contributed by atoms with van der Waals surface area (Å²) in [6, 6.07) is 15.7. The van der Waals surface area contributed by atoms with Crippen LogP contribution in [-0.2, 0) is 26.7 Å². The van der Waals surface area contributed by atoms with E-state index in [1.807, 2.05) is 24.2 Å². The minimum atomic E-state index is -6.58. The number of hydrogen-bond acceptors (Lipinski definition) is 7. The third-order valence-corrected chi connectivity index (χ3v) is 11.1. The Morgan fingerprint density at radius 3 is 2.16 bits per heavy atom. The highest BCUT2D eigenvalue weighted by atomic mass is 19.4. The Bertz CT molecular complexity index is 2310. The van der Waals surface area contributed by atoms with Crippen molar-refractivity contribution in [2.45, 2.75) is 82.0 Å². The number of carbonyl (C=O) groups is 5. The molecule has 7 N–H and O–H groups in total. The van der Waals surface area contributed by atoms with E-state index >= 15 is 0 Å². The van der Waals surface area contributed by atoms with Gasteiger partial charge in [0.2, 0.25) is 23.5 Å². The van der Waals surface area contributed by atoms with Gasteiger partial charge in [0.1, 0.15) is 12.1 Å². The lowest BCUT2D eigenvalue weighted by Gasteiger charge is -2.29. The number of nitrogens with one attached hydrogen (secondary N) is 6. The molecule has 0 radical (unpaired) electrons. The van der Waals surface area contributed by atoms with E-state index in [9.17, 15) is 54.7 Å². The number of alkyl halides is 7. The summed E-state index contributed by atoms with van der Waals surface area (Å²) in [5, 5.41) is 27.2. The topological polar surface area (TPSA) is 207 Å². The highest BCUT2D eigenvalue weighted by molar-refractivity contribution is 5.99. The van der Waals surface area contributed by atoms with Gasteiger partial charge in [-0.15, -0.1) is 0 Å². The van der Waals surface area contributed by atoms with Crippen LogP contribution in [0.5, 0.6) is 0 Å². The van der Waals surface area contributed by atoms with Crippen LogP contribution in [0.3, 0.4) is 0 Å². The monoisotopic (exact) mass is 888 g/mol. The van der Waals surface area contributed by atoms with E-state index in [-0.39, 0.29) is 47.9 Å². The van der Waals surface area contributed by atoms with Gasteiger partial charge in [-0.3, -0.25) is 24.3 Å². The standard InChI is InChI=1S/C42H43F7N8O6/c1-22-19-28(35(59)53-31-3-2-18-50-36(31)60)14-17-30(22)25-8-4-23(5-9-25)20-32(54-34(58)27-10-6-24(7-11-27)21-51-39(62)63)37(61)52-29-15-12-26(13-16-29)33-55-38(57-56-33)40(43,44)41(45,46)42(47,48)49/h4-5,8-9,12-17,19,24,27,31-32,51H,2-3,6-7,10-11,18,20-21H2,1H3,(H,50,60)(H,52,61)(H,53,59)(H,54,58)(H,62,63)(H,55,56,57)/t24-,27-,31?,32-/m0/s1. The van der Waals surface area contributed by atoms with Gasteiger partial charge in [0.15, 0.2) is 5.82 Å². The first kappa shape index (κ1) is 46.0. The summed E-state index contributed by atoms with van der Waals surface area (Å²) in [7, 11) is 0. The molecule has 21 heteroatoms. The highest BCUT2D eigenvalue weighted by Gasteiger charge is 2.75. The van der Waals surface area contributed by atoms with Crippen LogP contribution in [0, 0.1) is 18.8 Å². The summed E-state index contributed by atoms with van der Waals surface area (Å²) in [5.41, 5.74) is 3.56. The Balaban J connectivity index is 1.15. The van der Waals surface area contributed by atoms with Gasteiger partial charge in [0.05, 0.1) is 0 Å². The van der Waals surface area contributed by atoms with E-state index < -0.39 is 59.7 Å². The fourth-order valence-corrected chi connectivity index (χ4v) is 7.49. The van der Waals surface area contributed by atoms with E-state index in [0.717, 1.165) is 23.1 Å². The number of anilines is 1. The van der Waals surface area contributed by atoms with E-state index in [1.165, 1.54) is 24.3 Å². The van der Waals surface area contributed by atoms with Crippen molar-refractivity contribution in [1.82, 2.24) is 36.4 Å². The second-order valence-corrected chi connectivity index (χ2v) is 15.6. The summed E-state index contributed by atoms with van der Waals surface area (Å²) in [6.45, 7) is 2.66. The zero-order chi connectivity index (χ0) is 45.7. The van der Waals surface area contributed by atoms with Crippen molar-refractivity contribution in [3.05, 3.63) is 89.2 Å². The van der Waals surface area contributed by atoms with Gasteiger partial charge in [0.25, 0.3) is 5.91 Å². The zero-order valence-corrected chi connectivity index (χ0v) is 33.6. The second kappa shape index (κ2) is 18.8. The Hall–Kier alpha value is -6.54. The molecular weight excluding hydrogens is 845 g/mol. The summed E-state index contributed by atoms with van der Waals surface area (Å²) < 4.78 is 93.5. The Morgan fingerprint density at radius 1 is 0.873 bits per heavy atom. The predicted molar refractivity (Wildman–Crippen MR) is 213 cm³/mol. The number of benzene rings is 3. The molecule has 0 bridgehead atoms. The SMILES string of the molecule is Cc1cc(C(=O)NC2CCCNC2=O)ccc1-c1ccc(C[C@H](NC(=O)[C@H]2CC[C@H](CNC(=O)O)CC2)C(=O)Nc2ccc(-c3nc(C(F)(F)C(F)(F)C(F)(F)F)n[nH]3)cc2)cc1. The minimum absolute atomic E-state index is 0.0261. The maximum Gasteiger partial charge on any atom is 0.460 e. The number of halogens is 7. The van der Waals surface area contributed by atoms with Crippen molar-refractivity contribution in [3.8, 4) is 22.5 Å². The fourth-order valence-electron chi connectivity index (χ4n) is 7.49. The summed E-state index contributed by atoms with van der Waals surface area (Å²) >= 11 is 0. The molecule has 6 rings (SSSR count). The van der Waals surface area contributed by atoms with E-state index in [2.05, 4.69) is 36.7 Å². The Labute approximate surface area is 355 Å². The number of nitrogens with zero attached hydrogens (tertiary/aromatic N) is 2. The van der Waals surface area contributed by atoms with Gasteiger partial charge < -0.3 is 31.7 Å². The van der Waals surface area contributed by atoms with Crippen molar-refractivity contribution in [1.29, 1.82) is 0 Å². The largest absolute Gasteiger partial charge is 0.465 e. The smallest absolute Gasteiger partial charge is 0.460 e. The first-order chi connectivity index (χ1) is 29.7. The zero-order valence-electron chi connectivity index (χ0n) is 33.6. The van der Waals surface area contributed by atoms with Crippen LogP contribution >= 0.6 is 0 Å². The molecule has 5 amide bonds. The number of hydrogen-bond donors (Lipinski definition) is 7. The van der Waals surface area contributed by atoms with Crippen molar-refractivity contribution < 1.29 is 59.8 Å². The van der Waals surface area contributed by atoms with Crippen LogP contribution in [0.2, 0.25) is 0 Å². The molecule has 2 atom stereocenters. The third-order valence-electron chi connectivity index (χ3n) is 11.1. The fraction of sp³-hybridized carbons (Fsp3) is 0.405. The summed E-state index contributed by atoms with van der Waals surface area (Å²) in [4.78, 5) is 66.6. The van der Waals surface area contributed by atoms with Crippen molar-refractivity contribution >= 4 is 35.4 Å². The van der Waals surface area contributed by atoms with Gasteiger partial charge in [-0.25, -0.2) is 9.78 Å². The van der Waals surface area contributed by atoms with Crippen LogP contribution in [-0.4, -0.2) is 87.3 Å². The number of aryl methyl sites for hydroxylation is 1. The van der Waals surface area contributed by atoms with Crippen LogP contribution in [0.25, 0.3) is 22.5 Å². The number of carboxylic acid groups (broad SMARTS) is 1. The number of aromatic amines is 1. The van der Waals surface area contributed by atoms with Gasteiger partial charge in [0, 0.05) is 42.2 Å². The quantitative estimate of drug-likeness (QED) is 0.0696. The number of amides is 5. The molecule has 2 aliphatic rings. The van der Waals surface area contributed by atoms with Crippen LogP contribution < -0.4 is 26.6 Å². The normalized spacial score (nSPS) is 18.7. The lowest BCUT2D eigenvalue weighted by Crippen LogP contribution is -2.50. The van der Waals surface area contributed by atoms with E-state index in [4.69, 9.17) is 5.11 Å². The average molecular weight is 889 g/mol. The molecule has 1 aliphatic heterocycles. The molecule has 2 fully saturated rings. The second-order valence-electron chi connectivity index (χ2n) is 15.6. The first-order valence-electron chi connectivity index (χ1n) is 20.0. The molecule has 1 aliphatic carbocycles. The molecule has 4 aromatic rings. The van der Waals surface area contributed by atoms with E-state index in [1.54, 1.807) is 30.3 Å². The molecule has 336 valence electrons. The summed E-state index contributed by atoms with van der Waals surface area (Å²) in [6.07, 6.45) is -4.31. The predicted octanol–water partition coefficient (Wildman–Crippen LogP) is 6.48. The molecule has 0 spiro atoms. The van der Waals surface area contributed by atoms with Gasteiger partial charge in [-0.2, -0.15) is 35.8 Å². The van der Waals surface area contributed by atoms with Crippen molar-refractivity contribution in [2.24, 2.45) is 11.8 Å². The number of aromatic nitrogens is 3. The van der Waals surface area contributed by atoms with Crippen molar-refractivity contribution in [2.75, 3.05) is 18.4 Å². The van der Waals surface area contributed by atoms with Crippen LogP contribution in [0.15, 0.2) is 66.7 Å². The number of piperidine rings is 1. The van der Waals surface area contributed by atoms with Crippen molar-refractivity contribution in [3.63, 3.8) is 0 Å². The molecule has 1 saturated heterocycles. The molecule has 1 aromatic heterocycles. The van der Waals surface area contributed by atoms with Crippen LogP contribution in [0.1, 0.15) is 65.8 Å². The van der Waals surface area contributed by atoms with Gasteiger partial charge >= 0.3 is 24.1 Å². The molecule has 1 saturated carbocycles. The van der Waals surface area contributed by atoms with Gasteiger partial charge in [-0.05, 0) is 110 Å². The molecule has 1 unspecified atom stereocenters. The molecular formula is C42H43F7N8O6. The number of carbonyl (C=O) groups excluding carboxylic acids is 4. The Kier molecular flexibility index (Phi) is 13.7. The lowest BCUT2D eigenvalue weighted by atomic mass is 9.81. The Morgan fingerprint density at radius 2 is 1.54 bits per heavy atom. The minimum Gasteiger partial charge on any atom is -0.465 e. The van der Waals surface area contributed by atoms with Gasteiger partial charge in [-0.1, -0.05) is 30.3 Å². The number of rotatable bonds is 14. The highest BCUT2D eigenvalue weighted by Crippen LogP contribution is 2.51. The molecule has 3 aromatic carbocycles. The lowest BCUT2D eigenvalue weighted by molar-refractivity contribution is -0.361. The maximum absolute atomic E-state index is 14.2. The molecule has 14 nitrogen and oxygen atoms in total. The molecule has 63 heavy (non-hydrogen) atoms. The van der Waals surface area contributed by atoms with E-state index in [0.29, 0.717) is 49.8 Å².